The summed E-state index contributed by atoms with van der Waals surface area (Å²) in [6.45, 7) is 5.99. The van der Waals surface area contributed by atoms with Gasteiger partial charge in [0.15, 0.2) is 0 Å². The van der Waals surface area contributed by atoms with Gasteiger partial charge in [-0.2, -0.15) is 0 Å². The highest BCUT2D eigenvalue weighted by Gasteiger charge is 1.97. The van der Waals surface area contributed by atoms with Crippen LogP contribution in [0.15, 0.2) is 0 Å². The summed E-state index contributed by atoms with van der Waals surface area (Å²) in [7, 11) is -2.61. The Bertz CT molecular complexity index is 91.7. The van der Waals surface area contributed by atoms with Crippen molar-refractivity contribution >= 4 is 40.0 Å². The monoisotopic (exact) mass is 286 g/mol. The maximum absolute atomic E-state index is 5.10. The van der Waals surface area contributed by atoms with Crippen LogP contribution in [0.1, 0.15) is 26.7 Å². The predicted molar refractivity (Wildman–Crippen MR) is 69.9 cm³/mol. The average molecular weight is 287 g/mol. The minimum atomic E-state index is -0.653. The van der Waals surface area contributed by atoms with Gasteiger partial charge >= 0.3 is 0 Å². The van der Waals surface area contributed by atoms with Crippen molar-refractivity contribution in [3.63, 3.8) is 0 Å². The van der Waals surface area contributed by atoms with Gasteiger partial charge in [0.2, 0.25) is 0 Å². The molecule has 0 radical (unpaired) electrons. The van der Waals surface area contributed by atoms with Crippen LogP contribution < -0.4 is 0 Å². The molecule has 0 aromatic heterocycles. The summed E-state index contributed by atoms with van der Waals surface area (Å²) in [6.07, 6.45) is 2.44. The van der Waals surface area contributed by atoms with E-state index in [4.69, 9.17) is 21.2 Å². The van der Waals surface area contributed by atoms with Gasteiger partial charge in [0.1, 0.15) is 0 Å². The van der Waals surface area contributed by atoms with E-state index < -0.39 is 40.0 Å². The molecule has 1 saturated heterocycles. The first-order chi connectivity index (χ1) is 7.41. The maximum atomic E-state index is 5.10. The van der Waals surface area contributed by atoms with Crippen LogP contribution in [-0.4, -0.2) is 53.2 Å². The van der Waals surface area contributed by atoms with Crippen molar-refractivity contribution in [2.24, 2.45) is 0 Å². The zero-order valence-electron chi connectivity index (χ0n) is 9.70. The Balaban J connectivity index is 0.000000265. The molecular weight excluding hydrogens is 264 g/mol. The molecule has 1 aliphatic rings. The van der Waals surface area contributed by atoms with Gasteiger partial charge in [-0.15, -0.1) is 0 Å². The third-order valence-corrected chi connectivity index (χ3v) is 6.85. The molecule has 15 heavy (non-hydrogen) atoms. The Labute approximate surface area is 101 Å². The zero-order chi connectivity index (χ0) is 11.2. The summed E-state index contributed by atoms with van der Waals surface area (Å²) in [5.41, 5.74) is 0. The lowest BCUT2D eigenvalue weighted by molar-refractivity contribution is 0.144. The molecule has 1 aliphatic heterocycles. The van der Waals surface area contributed by atoms with Crippen molar-refractivity contribution in [3.8, 4) is 0 Å². The maximum Gasteiger partial charge on any atom is 0.286 e. The Morgan fingerprint density at radius 3 is 1.67 bits per heavy atom. The molecule has 1 heterocycles. The van der Waals surface area contributed by atoms with Crippen LogP contribution >= 0.6 is 0 Å². The third kappa shape index (κ3) is 14.7. The Hall–Kier alpha value is 0.668. The summed E-state index contributed by atoms with van der Waals surface area (Å²) < 4.78 is 25.5. The van der Waals surface area contributed by atoms with Crippen molar-refractivity contribution in [2.75, 3.05) is 13.2 Å². The number of hydrogen-bond donors (Lipinski definition) is 0. The van der Waals surface area contributed by atoms with Gasteiger partial charge in [-0.25, -0.2) is 0 Å². The largest absolute Gasteiger partial charge is 0.425 e. The topological polar surface area (TPSA) is 46.2 Å². The average Bonchev–Trinajstić information content (AvgIpc) is 2.18. The minimum absolute atomic E-state index is 0.653. The van der Waals surface area contributed by atoms with Crippen LogP contribution in [0.2, 0.25) is 0 Å². The Morgan fingerprint density at radius 2 is 1.33 bits per heavy atom. The lowest BCUT2D eigenvalue weighted by Gasteiger charge is -2.10. The molecule has 0 aliphatic carbocycles. The van der Waals surface area contributed by atoms with Gasteiger partial charge in [0.25, 0.3) is 40.0 Å². The summed E-state index contributed by atoms with van der Waals surface area (Å²) >= 11 is 0. The van der Waals surface area contributed by atoms with Crippen molar-refractivity contribution in [1.29, 1.82) is 0 Å². The zero-order valence-corrected chi connectivity index (χ0v) is 15.4. The molecule has 0 atom stereocenters. The van der Waals surface area contributed by atoms with E-state index in [0.29, 0.717) is 0 Å². The van der Waals surface area contributed by atoms with Gasteiger partial charge in [-0.05, 0) is 13.3 Å². The quantitative estimate of drug-likeness (QED) is 0.437. The molecular formula is C6H22O5Si4. The van der Waals surface area contributed by atoms with Gasteiger partial charge in [0.05, 0.1) is 0 Å². The molecule has 0 bridgehead atoms. The van der Waals surface area contributed by atoms with Gasteiger partial charge in [0, 0.05) is 13.2 Å². The second-order valence-corrected chi connectivity index (χ2v) is 10.3. The highest BCUT2D eigenvalue weighted by atomic mass is 28.4. The molecule has 92 valence electrons. The summed E-state index contributed by atoms with van der Waals surface area (Å²) in [5.74, 6) is 0. The molecule has 0 aromatic rings. The van der Waals surface area contributed by atoms with Crippen LogP contribution in [0.3, 0.4) is 0 Å². The van der Waals surface area contributed by atoms with Gasteiger partial charge in [-0.1, -0.05) is 13.3 Å². The van der Waals surface area contributed by atoms with E-state index >= 15 is 0 Å². The fourth-order valence-electron chi connectivity index (χ4n) is 0.763. The molecule has 1 rings (SSSR count). The standard InChI is InChI=1S/C6H14O.H8O4Si4/c1-3-5-6-7-4-2;1-5-2-7-4-8-3-6-1/h3-6H2,1-2H3;5-8H2. The van der Waals surface area contributed by atoms with Crippen LogP contribution in [0.4, 0.5) is 0 Å². The molecule has 0 aromatic carbocycles. The molecule has 0 spiro atoms. The third-order valence-electron chi connectivity index (χ3n) is 1.51. The fourth-order valence-corrected chi connectivity index (χ4v) is 7.98. The molecule has 0 unspecified atom stereocenters. The second kappa shape index (κ2) is 14.7. The number of hydrogen-bond acceptors (Lipinski definition) is 5. The minimum Gasteiger partial charge on any atom is -0.425 e. The summed E-state index contributed by atoms with van der Waals surface area (Å²) in [4.78, 5) is 0. The molecule has 1 fully saturated rings. The first-order valence-corrected chi connectivity index (χ1v) is 9.92. The van der Waals surface area contributed by atoms with Crippen molar-refractivity contribution in [1.82, 2.24) is 0 Å². The van der Waals surface area contributed by atoms with E-state index in [9.17, 15) is 0 Å². The lowest BCUT2D eigenvalue weighted by atomic mass is 10.4. The van der Waals surface area contributed by atoms with E-state index in [1.54, 1.807) is 0 Å². The highest BCUT2D eigenvalue weighted by molar-refractivity contribution is 6.50. The van der Waals surface area contributed by atoms with E-state index in [0.717, 1.165) is 13.2 Å². The Morgan fingerprint density at radius 1 is 0.867 bits per heavy atom. The van der Waals surface area contributed by atoms with Crippen molar-refractivity contribution < 1.29 is 21.2 Å². The molecule has 0 saturated carbocycles. The molecule has 9 heteroatoms. The first-order valence-electron chi connectivity index (χ1n) is 5.30. The van der Waals surface area contributed by atoms with Crippen molar-refractivity contribution in [3.05, 3.63) is 0 Å². The predicted octanol–water partition coefficient (Wildman–Crippen LogP) is -2.12. The molecule has 0 N–H and O–H groups in total. The molecule has 5 nitrogen and oxygen atoms in total. The fraction of sp³-hybridized carbons (Fsp3) is 1.00. The Kier molecular flexibility index (Phi) is 15.3. The number of ether oxygens (including phenoxy) is 1. The van der Waals surface area contributed by atoms with E-state index in [-0.39, 0.29) is 0 Å². The number of rotatable bonds is 4. The van der Waals surface area contributed by atoms with E-state index in [1.807, 2.05) is 6.92 Å². The van der Waals surface area contributed by atoms with Crippen molar-refractivity contribution in [2.45, 2.75) is 26.7 Å². The van der Waals surface area contributed by atoms with Crippen LogP contribution in [0.25, 0.3) is 0 Å². The van der Waals surface area contributed by atoms with Gasteiger partial charge in [-0.3, -0.25) is 0 Å². The SMILES string of the molecule is CCCCOCC.O1[SiH2]O[SiH2]O[SiH2]O[SiH2]1. The smallest absolute Gasteiger partial charge is 0.286 e. The normalized spacial score (nSPS) is 23.6. The highest BCUT2D eigenvalue weighted by Crippen LogP contribution is 1.85. The molecule has 0 amide bonds. The van der Waals surface area contributed by atoms with Crippen LogP contribution in [0, 0.1) is 0 Å². The van der Waals surface area contributed by atoms with Crippen LogP contribution in [-0.2, 0) is 21.2 Å². The van der Waals surface area contributed by atoms with Crippen LogP contribution in [0.5, 0.6) is 0 Å². The van der Waals surface area contributed by atoms with Gasteiger partial charge < -0.3 is 21.2 Å². The van der Waals surface area contributed by atoms with E-state index in [1.165, 1.54) is 12.8 Å². The van der Waals surface area contributed by atoms with E-state index in [2.05, 4.69) is 6.92 Å². The summed E-state index contributed by atoms with van der Waals surface area (Å²) in [6, 6.07) is 0. The first kappa shape index (κ1) is 15.7. The second-order valence-electron chi connectivity index (χ2n) is 2.84. The summed E-state index contributed by atoms with van der Waals surface area (Å²) in [5, 5.41) is 0. The number of unbranched alkanes of at least 4 members (excludes halogenated alkanes) is 1. The lowest BCUT2D eigenvalue weighted by Crippen LogP contribution is -2.23.